The van der Waals surface area contributed by atoms with Crippen LogP contribution in [0.3, 0.4) is 0 Å². The maximum absolute atomic E-state index is 10.2. The molecule has 0 radical (unpaired) electrons. The molecule has 25 heavy (non-hydrogen) atoms. The minimum atomic E-state index is 0.207. The lowest BCUT2D eigenvalue weighted by atomic mass is 10.1. The molecule has 1 fully saturated rings. The Balaban J connectivity index is 1.65. The second-order valence-corrected chi connectivity index (χ2v) is 6.69. The van der Waals surface area contributed by atoms with Crippen LogP contribution in [0, 0.1) is 0 Å². The van der Waals surface area contributed by atoms with Gasteiger partial charge in [-0.15, -0.1) is 0 Å². The molecular formula is C20H18N4O. The van der Waals surface area contributed by atoms with Crippen LogP contribution in [0.15, 0.2) is 69.7 Å². The van der Waals surface area contributed by atoms with Crippen LogP contribution in [0.5, 0.6) is 0 Å². The quantitative estimate of drug-likeness (QED) is 0.672. The minimum Gasteiger partial charge on any atom is -0.506 e. The van der Waals surface area contributed by atoms with Crippen LogP contribution in [0.25, 0.3) is 12.2 Å². The Morgan fingerprint density at radius 3 is 2.48 bits per heavy atom. The average Bonchev–Trinajstić information content (AvgIpc) is 3.33. The van der Waals surface area contributed by atoms with Gasteiger partial charge in [-0.25, -0.2) is 9.98 Å². The molecule has 0 aromatic carbocycles. The fraction of sp³-hybridized carbons (Fsp3) is 0.200. The summed E-state index contributed by atoms with van der Waals surface area (Å²) in [5.41, 5.74) is 3.33. The summed E-state index contributed by atoms with van der Waals surface area (Å²) in [7, 11) is 0. The van der Waals surface area contributed by atoms with E-state index in [1.54, 1.807) is 6.08 Å². The van der Waals surface area contributed by atoms with Gasteiger partial charge in [0.25, 0.3) is 0 Å². The van der Waals surface area contributed by atoms with E-state index in [0.717, 1.165) is 40.6 Å². The molecule has 1 saturated heterocycles. The fourth-order valence-corrected chi connectivity index (χ4v) is 3.58. The molecule has 5 heteroatoms. The SMILES string of the molecule is OC1=CC2=CC3CCC(C=C4C=CC(=N4)C=c4ccc([nH]4)=CC1=N2)N3. The van der Waals surface area contributed by atoms with Gasteiger partial charge in [0.15, 0.2) is 0 Å². The zero-order chi connectivity index (χ0) is 16.8. The fourth-order valence-electron chi connectivity index (χ4n) is 3.58. The summed E-state index contributed by atoms with van der Waals surface area (Å²) in [6.45, 7) is 0. The average molecular weight is 330 g/mol. The molecule has 5 nitrogen and oxygen atoms in total. The minimum absolute atomic E-state index is 0.207. The first kappa shape index (κ1) is 14.4. The highest BCUT2D eigenvalue weighted by Gasteiger charge is 2.22. The maximum Gasteiger partial charge on any atom is 0.143 e. The molecule has 0 amide bonds. The van der Waals surface area contributed by atoms with Gasteiger partial charge < -0.3 is 15.4 Å². The van der Waals surface area contributed by atoms with E-state index in [4.69, 9.17) is 0 Å². The molecule has 8 bridgehead atoms. The van der Waals surface area contributed by atoms with Gasteiger partial charge in [-0.2, -0.15) is 0 Å². The number of aliphatic imine (C=N–C) groups is 2. The number of aromatic amines is 1. The molecule has 0 spiro atoms. The number of H-pyrrole nitrogens is 1. The van der Waals surface area contributed by atoms with E-state index < -0.39 is 0 Å². The summed E-state index contributed by atoms with van der Waals surface area (Å²) >= 11 is 0. The number of fused-ring (bicyclic) bond motifs is 6. The highest BCUT2D eigenvalue weighted by molar-refractivity contribution is 6.21. The Morgan fingerprint density at radius 1 is 0.880 bits per heavy atom. The van der Waals surface area contributed by atoms with Crippen LogP contribution in [-0.4, -0.2) is 33.6 Å². The number of rotatable bonds is 0. The molecule has 3 N–H and O–H groups in total. The van der Waals surface area contributed by atoms with Crippen molar-refractivity contribution in [3.63, 3.8) is 0 Å². The Morgan fingerprint density at radius 2 is 1.64 bits per heavy atom. The number of aliphatic hydroxyl groups excluding tert-OH is 1. The molecule has 1 aromatic heterocycles. The molecular weight excluding hydrogens is 312 g/mol. The number of aromatic nitrogens is 1. The van der Waals surface area contributed by atoms with Crippen molar-refractivity contribution in [3.05, 3.63) is 70.4 Å². The number of nitrogens with one attached hydrogen (secondary N) is 2. The van der Waals surface area contributed by atoms with Crippen molar-refractivity contribution in [2.75, 3.05) is 0 Å². The Labute approximate surface area is 144 Å². The van der Waals surface area contributed by atoms with Gasteiger partial charge >= 0.3 is 0 Å². The van der Waals surface area contributed by atoms with E-state index >= 15 is 0 Å². The number of nitrogens with zero attached hydrogens (tertiary/aromatic N) is 2. The Kier molecular flexibility index (Phi) is 3.21. The van der Waals surface area contributed by atoms with Gasteiger partial charge in [-0.05, 0) is 61.4 Å². The summed E-state index contributed by atoms with van der Waals surface area (Å²) in [4.78, 5) is 12.5. The van der Waals surface area contributed by atoms with Crippen LogP contribution in [0.1, 0.15) is 12.8 Å². The topological polar surface area (TPSA) is 72.8 Å². The zero-order valence-electron chi connectivity index (χ0n) is 13.6. The predicted octanol–water partition coefficient (Wildman–Crippen LogP) is 1.39. The summed E-state index contributed by atoms with van der Waals surface area (Å²) in [5.74, 6) is 0.207. The number of aliphatic hydroxyl groups is 1. The van der Waals surface area contributed by atoms with Crippen molar-refractivity contribution in [2.24, 2.45) is 9.98 Å². The van der Waals surface area contributed by atoms with Crippen molar-refractivity contribution in [1.82, 2.24) is 10.3 Å². The smallest absolute Gasteiger partial charge is 0.143 e. The van der Waals surface area contributed by atoms with Crippen LogP contribution >= 0.6 is 0 Å². The lowest BCUT2D eigenvalue weighted by Gasteiger charge is -2.08. The summed E-state index contributed by atoms with van der Waals surface area (Å²) in [5, 5.41) is 15.6. The molecule has 124 valence electrons. The molecule has 0 aliphatic carbocycles. The molecule has 1 aromatic rings. The van der Waals surface area contributed by atoms with Gasteiger partial charge in [0.1, 0.15) is 11.5 Å². The third-order valence-corrected chi connectivity index (χ3v) is 4.77. The second kappa shape index (κ2) is 5.57. The number of hydrogen-bond donors (Lipinski definition) is 3. The van der Waals surface area contributed by atoms with Crippen LogP contribution in [-0.2, 0) is 0 Å². The van der Waals surface area contributed by atoms with E-state index in [9.17, 15) is 5.11 Å². The van der Waals surface area contributed by atoms with Gasteiger partial charge in [0, 0.05) is 28.9 Å². The van der Waals surface area contributed by atoms with E-state index in [2.05, 4.69) is 38.5 Å². The van der Waals surface area contributed by atoms with Crippen molar-refractivity contribution >= 4 is 23.6 Å². The van der Waals surface area contributed by atoms with Crippen molar-refractivity contribution in [1.29, 1.82) is 0 Å². The van der Waals surface area contributed by atoms with E-state index in [1.807, 2.05) is 30.4 Å². The van der Waals surface area contributed by atoms with Crippen molar-refractivity contribution < 1.29 is 5.11 Å². The lowest BCUT2D eigenvalue weighted by molar-refractivity contribution is 0.446. The van der Waals surface area contributed by atoms with E-state index in [0.29, 0.717) is 11.8 Å². The highest BCUT2D eigenvalue weighted by atomic mass is 16.3. The van der Waals surface area contributed by atoms with Crippen LogP contribution < -0.4 is 16.0 Å². The summed E-state index contributed by atoms with van der Waals surface area (Å²) < 4.78 is 0. The third kappa shape index (κ3) is 2.83. The van der Waals surface area contributed by atoms with E-state index in [-0.39, 0.29) is 11.8 Å². The molecule has 5 heterocycles. The van der Waals surface area contributed by atoms with Gasteiger partial charge in [-0.3, -0.25) is 0 Å². The van der Waals surface area contributed by atoms with Gasteiger partial charge in [0.2, 0.25) is 0 Å². The predicted molar refractivity (Wildman–Crippen MR) is 99.8 cm³/mol. The molecule has 0 saturated carbocycles. The largest absolute Gasteiger partial charge is 0.506 e. The maximum atomic E-state index is 10.2. The third-order valence-electron chi connectivity index (χ3n) is 4.77. The summed E-state index contributed by atoms with van der Waals surface area (Å²) in [6, 6.07) is 4.54. The highest BCUT2D eigenvalue weighted by Crippen LogP contribution is 2.22. The second-order valence-electron chi connectivity index (χ2n) is 6.69. The summed E-state index contributed by atoms with van der Waals surface area (Å²) in [6.07, 6.45) is 16.1. The molecule has 4 aliphatic rings. The molecule has 2 atom stereocenters. The molecule has 5 rings (SSSR count). The van der Waals surface area contributed by atoms with Gasteiger partial charge in [-0.1, -0.05) is 0 Å². The van der Waals surface area contributed by atoms with Crippen LogP contribution in [0.2, 0.25) is 0 Å². The first-order chi connectivity index (χ1) is 12.2. The Bertz CT molecular complexity index is 1050. The zero-order valence-corrected chi connectivity index (χ0v) is 13.6. The molecule has 2 unspecified atom stereocenters. The van der Waals surface area contributed by atoms with Crippen LogP contribution in [0.4, 0.5) is 0 Å². The van der Waals surface area contributed by atoms with E-state index in [1.165, 1.54) is 0 Å². The van der Waals surface area contributed by atoms with Crippen molar-refractivity contribution in [3.8, 4) is 0 Å². The molecule has 4 aliphatic heterocycles. The Hall–Kier alpha value is -2.92. The normalized spacial score (nSPS) is 27.0. The lowest BCUT2D eigenvalue weighted by Crippen LogP contribution is -2.26. The first-order valence-electron chi connectivity index (χ1n) is 8.56. The monoisotopic (exact) mass is 330 g/mol. The number of allylic oxidation sites excluding steroid dienone is 4. The first-order valence-corrected chi connectivity index (χ1v) is 8.56. The van der Waals surface area contributed by atoms with Crippen molar-refractivity contribution in [2.45, 2.75) is 24.9 Å². The van der Waals surface area contributed by atoms with Gasteiger partial charge in [0.05, 0.1) is 17.1 Å². The standard InChI is InChI=1S/C20H18N4O/c25-20-11-18-9-16-4-3-14(22-16)7-12-1-2-13(21-12)8-15-5-6-17(23-15)10-19(20)24-18/h1-2,5-11,14,16,22-23,25H,3-4H2. The number of hydrogen-bond acceptors (Lipinski definition) is 4.